The number of nitrogens with zero attached hydrogens (tertiary/aromatic N) is 7. The highest BCUT2D eigenvalue weighted by atomic mass is 15.3. The molecule has 0 unspecified atom stereocenters. The smallest absolute Gasteiger partial charge is 0.165 e. The molecule has 0 spiro atoms. The monoisotopic (exact) mass is 349 g/mol. The van der Waals surface area contributed by atoms with Gasteiger partial charge in [0.2, 0.25) is 0 Å². The van der Waals surface area contributed by atoms with Gasteiger partial charge in [-0.05, 0) is 38.4 Å². The minimum Gasteiger partial charge on any atom is -0.354 e. The SMILES string of the molecule is CN1[C@@H]2CC[C@H]1CN(c1nc(-c3cccnc3)nc3c1cnn3C)CC2. The summed E-state index contributed by atoms with van der Waals surface area (Å²) in [4.78, 5) is 18.9. The Labute approximate surface area is 152 Å². The van der Waals surface area contributed by atoms with Crippen LogP contribution in [0.15, 0.2) is 30.7 Å². The average Bonchev–Trinajstić information content (AvgIpc) is 3.15. The number of pyridine rings is 1. The summed E-state index contributed by atoms with van der Waals surface area (Å²) < 4.78 is 1.83. The van der Waals surface area contributed by atoms with Gasteiger partial charge in [-0.1, -0.05) is 0 Å². The molecular weight excluding hydrogens is 326 g/mol. The summed E-state index contributed by atoms with van der Waals surface area (Å²) in [5.41, 5.74) is 1.81. The summed E-state index contributed by atoms with van der Waals surface area (Å²) in [6.07, 6.45) is 9.26. The lowest BCUT2D eigenvalue weighted by Crippen LogP contribution is -2.37. The van der Waals surface area contributed by atoms with Gasteiger partial charge in [-0.2, -0.15) is 5.10 Å². The van der Waals surface area contributed by atoms with Crippen molar-refractivity contribution in [2.75, 3.05) is 25.0 Å². The highest BCUT2D eigenvalue weighted by Crippen LogP contribution is 2.33. The van der Waals surface area contributed by atoms with Crippen molar-refractivity contribution in [2.45, 2.75) is 31.3 Å². The molecule has 3 aromatic heterocycles. The van der Waals surface area contributed by atoms with Crippen LogP contribution in [-0.2, 0) is 7.05 Å². The first kappa shape index (κ1) is 15.7. The maximum atomic E-state index is 4.96. The molecule has 0 aliphatic carbocycles. The molecule has 0 saturated carbocycles. The third kappa shape index (κ3) is 2.46. The average molecular weight is 349 g/mol. The van der Waals surface area contributed by atoms with Gasteiger partial charge in [-0.15, -0.1) is 0 Å². The van der Waals surface area contributed by atoms with E-state index in [2.05, 4.69) is 26.9 Å². The molecule has 2 aliphatic rings. The number of rotatable bonds is 2. The van der Waals surface area contributed by atoms with Gasteiger partial charge in [0, 0.05) is 50.2 Å². The van der Waals surface area contributed by atoms with Gasteiger partial charge in [-0.25, -0.2) is 9.97 Å². The van der Waals surface area contributed by atoms with Crippen molar-refractivity contribution in [3.8, 4) is 11.4 Å². The van der Waals surface area contributed by atoms with Crippen molar-refractivity contribution in [2.24, 2.45) is 7.05 Å². The predicted molar refractivity (Wildman–Crippen MR) is 101 cm³/mol. The van der Waals surface area contributed by atoms with E-state index in [1.165, 1.54) is 19.3 Å². The number of likely N-dealkylation sites (N-methyl/N-ethyl adjacent to an activating group) is 1. The van der Waals surface area contributed by atoms with Crippen LogP contribution >= 0.6 is 0 Å². The number of aromatic nitrogens is 5. The minimum atomic E-state index is 0.603. The fourth-order valence-corrected chi connectivity index (χ4v) is 4.37. The Morgan fingerprint density at radius 2 is 1.92 bits per heavy atom. The van der Waals surface area contributed by atoms with Gasteiger partial charge < -0.3 is 4.90 Å². The predicted octanol–water partition coefficient (Wildman–Crippen LogP) is 2.10. The van der Waals surface area contributed by atoms with E-state index in [9.17, 15) is 0 Å². The van der Waals surface area contributed by atoms with Crippen LogP contribution in [0.3, 0.4) is 0 Å². The summed E-state index contributed by atoms with van der Waals surface area (Å²) in [5, 5.41) is 5.46. The van der Waals surface area contributed by atoms with Crippen LogP contribution in [0.2, 0.25) is 0 Å². The van der Waals surface area contributed by atoms with Crippen LogP contribution in [0.5, 0.6) is 0 Å². The Morgan fingerprint density at radius 1 is 1.04 bits per heavy atom. The van der Waals surface area contributed by atoms with E-state index < -0.39 is 0 Å². The van der Waals surface area contributed by atoms with E-state index >= 15 is 0 Å². The van der Waals surface area contributed by atoms with Crippen molar-refractivity contribution >= 4 is 16.9 Å². The topological polar surface area (TPSA) is 63.0 Å². The van der Waals surface area contributed by atoms with E-state index in [1.807, 2.05) is 36.3 Å². The summed E-state index contributed by atoms with van der Waals surface area (Å²) in [6.45, 7) is 2.04. The summed E-state index contributed by atoms with van der Waals surface area (Å²) >= 11 is 0. The zero-order valence-electron chi connectivity index (χ0n) is 15.2. The van der Waals surface area contributed by atoms with E-state index in [0.717, 1.165) is 35.5 Å². The molecule has 5 rings (SSSR count). The lowest BCUT2D eigenvalue weighted by atomic mass is 10.1. The van der Waals surface area contributed by atoms with Crippen LogP contribution in [0, 0.1) is 0 Å². The maximum Gasteiger partial charge on any atom is 0.165 e. The molecule has 2 atom stereocenters. The normalized spacial score (nSPS) is 23.5. The van der Waals surface area contributed by atoms with Gasteiger partial charge in [0.05, 0.1) is 11.6 Å². The highest BCUT2D eigenvalue weighted by Gasteiger charge is 2.35. The Balaban J connectivity index is 1.62. The summed E-state index contributed by atoms with van der Waals surface area (Å²) in [5.74, 6) is 1.72. The van der Waals surface area contributed by atoms with E-state index in [4.69, 9.17) is 9.97 Å². The van der Waals surface area contributed by atoms with Gasteiger partial charge in [0.1, 0.15) is 5.82 Å². The molecule has 0 N–H and O–H groups in total. The van der Waals surface area contributed by atoms with Crippen molar-refractivity contribution in [3.63, 3.8) is 0 Å². The van der Waals surface area contributed by atoms with Crippen molar-refractivity contribution in [1.29, 1.82) is 0 Å². The number of aryl methyl sites for hydroxylation is 1. The number of anilines is 1. The molecule has 2 bridgehead atoms. The lowest BCUT2D eigenvalue weighted by Gasteiger charge is -2.27. The zero-order valence-corrected chi connectivity index (χ0v) is 15.2. The van der Waals surface area contributed by atoms with Crippen LogP contribution in [-0.4, -0.2) is 61.9 Å². The first-order valence-electron chi connectivity index (χ1n) is 9.28. The molecule has 7 nitrogen and oxygen atoms in total. The largest absolute Gasteiger partial charge is 0.354 e. The van der Waals surface area contributed by atoms with E-state index in [-0.39, 0.29) is 0 Å². The first-order chi connectivity index (χ1) is 12.7. The Bertz CT molecular complexity index is 936. The molecule has 0 aromatic carbocycles. The zero-order chi connectivity index (χ0) is 17.7. The maximum absolute atomic E-state index is 4.96. The molecular formula is C19H23N7. The lowest BCUT2D eigenvalue weighted by molar-refractivity contribution is 0.254. The van der Waals surface area contributed by atoms with Gasteiger partial charge >= 0.3 is 0 Å². The molecule has 0 radical (unpaired) electrons. The Kier molecular flexibility index (Phi) is 3.63. The van der Waals surface area contributed by atoms with Crippen LogP contribution in [0.25, 0.3) is 22.4 Å². The number of hydrogen-bond acceptors (Lipinski definition) is 6. The molecule has 134 valence electrons. The fourth-order valence-electron chi connectivity index (χ4n) is 4.37. The second-order valence-electron chi connectivity index (χ2n) is 7.40. The number of hydrogen-bond donors (Lipinski definition) is 0. The molecule has 26 heavy (non-hydrogen) atoms. The quantitative estimate of drug-likeness (QED) is 0.706. The second-order valence-corrected chi connectivity index (χ2v) is 7.40. The Morgan fingerprint density at radius 3 is 2.77 bits per heavy atom. The molecule has 7 heteroatoms. The first-order valence-corrected chi connectivity index (χ1v) is 9.28. The minimum absolute atomic E-state index is 0.603. The third-order valence-electron chi connectivity index (χ3n) is 5.94. The van der Waals surface area contributed by atoms with Crippen LogP contribution in [0.1, 0.15) is 19.3 Å². The summed E-state index contributed by atoms with van der Waals surface area (Å²) in [7, 11) is 4.21. The molecule has 2 fully saturated rings. The van der Waals surface area contributed by atoms with E-state index in [1.54, 1.807) is 6.20 Å². The molecule has 3 aromatic rings. The van der Waals surface area contributed by atoms with Gasteiger partial charge in [0.25, 0.3) is 0 Å². The van der Waals surface area contributed by atoms with Crippen molar-refractivity contribution in [1.82, 2.24) is 29.6 Å². The fraction of sp³-hybridized carbons (Fsp3) is 0.474. The van der Waals surface area contributed by atoms with Crippen LogP contribution in [0.4, 0.5) is 5.82 Å². The summed E-state index contributed by atoms with van der Waals surface area (Å²) in [6, 6.07) is 5.23. The molecule has 2 saturated heterocycles. The van der Waals surface area contributed by atoms with Crippen molar-refractivity contribution in [3.05, 3.63) is 30.7 Å². The van der Waals surface area contributed by atoms with Crippen LogP contribution < -0.4 is 4.90 Å². The third-order valence-corrected chi connectivity index (χ3v) is 5.94. The van der Waals surface area contributed by atoms with Gasteiger partial charge in [0.15, 0.2) is 11.5 Å². The van der Waals surface area contributed by atoms with Gasteiger partial charge in [-0.3, -0.25) is 14.6 Å². The van der Waals surface area contributed by atoms with E-state index in [0.29, 0.717) is 17.9 Å². The highest BCUT2D eigenvalue weighted by molar-refractivity contribution is 5.88. The molecule has 5 heterocycles. The standard InChI is InChI=1S/C19H23N7/c1-24-14-5-6-15(24)12-26(9-7-14)19-16-11-21-25(2)18(16)22-17(23-19)13-4-3-8-20-10-13/h3-4,8,10-11,14-15H,5-7,9,12H2,1-2H3/t14-,15+/m1/s1. The Hall–Kier alpha value is -2.54. The molecule has 0 amide bonds. The second kappa shape index (κ2) is 6.02. The number of fused-ring (bicyclic) bond motifs is 3. The van der Waals surface area contributed by atoms with Crippen molar-refractivity contribution < 1.29 is 0 Å². The molecule has 2 aliphatic heterocycles.